The van der Waals surface area contributed by atoms with E-state index in [0.29, 0.717) is 41.1 Å². The van der Waals surface area contributed by atoms with Gasteiger partial charge in [0.15, 0.2) is 5.65 Å². The number of ether oxygens (including phenoxy) is 1. The van der Waals surface area contributed by atoms with E-state index in [9.17, 15) is 9.59 Å². The fourth-order valence-electron chi connectivity index (χ4n) is 3.77. The zero-order valence-corrected chi connectivity index (χ0v) is 17.6. The first kappa shape index (κ1) is 19.4. The van der Waals surface area contributed by atoms with Crippen molar-refractivity contribution in [1.82, 2.24) is 24.4 Å². The van der Waals surface area contributed by atoms with Crippen molar-refractivity contribution in [2.45, 2.75) is 26.3 Å². The maximum absolute atomic E-state index is 13.6. The Balaban J connectivity index is 1.75. The highest BCUT2D eigenvalue weighted by molar-refractivity contribution is 7.25. The van der Waals surface area contributed by atoms with Gasteiger partial charge in [-0.3, -0.25) is 14.2 Å². The van der Waals surface area contributed by atoms with Crippen LogP contribution in [0.1, 0.15) is 19.8 Å². The molecule has 4 heterocycles. The number of benzene rings is 1. The lowest BCUT2D eigenvalue weighted by molar-refractivity contribution is -0.143. The van der Waals surface area contributed by atoms with Crippen LogP contribution in [0.5, 0.6) is 0 Å². The van der Waals surface area contributed by atoms with Crippen LogP contribution < -0.4 is 5.56 Å². The Hall–Kier alpha value is -3.59. The highest BCUT2D eigenvalue weighted by Gasteiger charge is 2.22. The third kappa shape index (κ3) is 3.27. The molecule has 0 aliphatic rings. The van der Waals surface area contributed by atoms with Crippen molar-refractivity contribution in [3.63, 3.8) is 0 Å². The maximum Gasteiger partial charge on any atom is 0.305 e. The van der Waals surface area contributed by atoms with Crippen LogP contribution in [-0.4, -0.2) is 37.0 Å². The molecule has 0 aliphatic heterocycles. The number of carbonyl (C=O) groups is 1. The van der Waals surface area contributed by atoms with E-state index < -0.39 is 0 Å². The highest BCUT2D eigenvalue weighted by Crippen LogP contribution is 2.32. The van der Waals surface area contributed by atoms with Crippen LogP contribution >= 0.6 is 11.3 Å². The largest absolute Gasteiger partial charge is 0.466 e. The molecule has 5 rings (SSSR count). The highest BCUT2D eigenvalue weighted by atomic mass is 32.1. The van der Waals surface area contributed by atoms with Gasteiger partial charge in [0.2, 0.25) is 0 Å². The predicted molar refractivity (Wildman–Crippen MR) is 119 cm³/mol. The molecule has 0 saturated carbocycles. The lowest BCUT2D eigenvalue weighted by Gasteiger charge is -2.10. The first-order valence-electron chi connectivity index (χ1n) is 10.1. The van der Waals surface area contributed by atoms with Crippen LogP contribution in [0.15, 0.2) is 53.5 Å². The van der Waals surface area contributed by atoms with Gasteiger partial charge in [-0.1, -0.05) is 35.5 Å². The SMILES string of the molecule is CCOC(=O)CCCn1c(=O)c2sc3ncccc3c2n2nnc(-c3ccccc3)c12. The molecule has 0 aliphatic carbocycles. The quantitative estimate of drug-likeness (QED) is 0.380. The minimum Gasteiger partial charge on any atom is -0.466 e. The van der Waals surface area contributed by atoms with E-state index in [-0.39, 0.29) is 17.9 Å². The van der Waals surface area contributed by atoms with E-state index >= 15 is 0 Å². The third-order valence-corrected chi connectivity index (χ3v) is 6.20. The summed E-state index contributed by atoms with van der Waals surface area (Å²) < 4.78 is 8.99. The first-order chi connectivity index (χ1) is 15.2. The Kier molecular flexibility index (Phi) is 4.95. The lowest BCUT2D eigenvalue weighted by Crippen LogP contribution is -2.23. The van der Waals surface area contributed by atoms with Gasteiger partial charge < -0.3 is 4.74 Å². The van der Waals surface area contributed by atoms with Gasteiger partial charge in [0, 0.05) is 30.1 Å². The predicted octanol–water partition coefficient (Wildman–Crippen LogP) is 3.66. The summed E-state index contributed by atoms with van der Waals surface area (Å²) in [6.45, 7) is 2.47. The first-order valence-corrected chi connectivity index (χ1v) is 10.9. The van der Waals surface area contributed by atoms with Crippen molar-refractivity contribution >= 4 is 43.4 Å². The van der Waals surface area contributed by atoms with Crippen LogP contribution in [-0.2, 0) is 16.1 Å². The normalized spacial score (nSPS) is 11.5. The minimum atomic E-state index is -0.270. The summed E-state index contributed by atoms with van der Waals surface area (Å²) in [5, 5.41) is 9.70. The second-order valence-corrected chi connectivity index (χ2v) is 8.04. The number of rotatable bonds is 6. The number of esters is 1. The molecule has 0 bridgehead atoms. The summed E-state index contributed by atoms with van der Waals surface area (Å²) in [7, 11) is 0. The van der Waals surface area contributed by atoms with Crippen LogP contribution in [0.2, 0.25) is 0 Å². The van der Waals surface area contributed by atoms with Gasteiger partial charge >= 0.3 is 5.97 Å². The number of hydrogen-bond acceptors (Lipinski definition) is 7. The molecule has 4 aromatic heterocycles. The molecule has 31 heavy (non-hydrogen) atoms. The molecule has 0 spiro atoms. The average molecular weight is 433 g/mol. The summed E-state index contributed by atoms with van der Waals surface area (Å²) in [5.41, 5.74) is 2.68. The monoisotopic (exact) mass is 433 g/mol. The molecule has 0 amide bonds. The Labute approximate surface area is 180 Å². The number of nitrogens with zero attached hydrogens (tertiary/aromatic N) is 5. The van der Waals surface area contributed by atoms with Gasteiger partial charge in [-0.15, -0.1) is 16.4 Å². The number of hydrogen-bond donors (Lipinski definition) is 0. The second kappa shape index (κ2) is 7.92. The van der Waals surface area contributed by atoms with Crippen molar-refractivity contribution in [3.05, 3.63) is 59.0 Å². The number of thiophene rings is 1. The van der Waals surface area contributed by atoms with E-state index in [1.165, 1.54) is 11.3 Å². The number of fused-ring (bicyclic) bond motifs is 5. The Morgan fingerprint density at radius 2 is 2.00 bits per heavy atom. The molecule has 0 N–H and O–H groups in total. The van der Waals surface area contributed by atoms with E-state index in [0.717, 1.165) is 15.8 Å². The summed E-state index contributed by atoms with van der Waals surface area (Å²) in [6.07, 6.45) is 2.42. The van der Waals surface area contributed by atoms with E-state index in [1.807, 2.05) is 42.5 Å². The Morgan fingerprint density at radius 1 is 1.16 bits per heavy atom. The average Bonchev–Trinajstić information content (AvgIpc) is 3.39. The van der Waals surface area contributed by atoms with Crippen LogP contribution in [0.25, 0.3) is 37.3 Å². The number of aromatic nitrogens is 5. The number of carbonyl (C=O) groups excluding carboxylic acids is 1. The molecule has 0 fully saturated rings. The standard InChI is InChI=1S/C22H19N5O3S/c1-2-30-16(28)11-7-13-26-21-17(14-8-4-3-5-9-14)24-25-27(21)18-15-10-6-12-23-20(15)31-19(18)22(26)29/h3-6,8-10,12H,2,7,11,13H2,1H3. The van der Waals surface area contributed by atoms with Gasteiger partial charge in [0.1, 0.15) is 20.7 Å². The molecular formula is C22H19N5O3S. The smallest absolute Gasteiger partial charge is 0.305 e. The van der Waals surface area contributed by atoms with Gasteiger partial charge in [-0.2, -0.15) is 4.52 Å². The molecule has 156 valence electrons. The summed E-state index contributed by atoms with van der Waals surface area (Å²) in [4.78, 5) is 30.5. The zero-order valence-electron chi connectivity index (χ0n) is 16.8. The Bertz CT molecular complexity index is 1470. The third-order valence-electron chi connectivity index (χ3n) is 5.11. The van der Waals surface area contributed by atoms with Gasteiger partial charge in [-0.05, 0) is 25.5 Å². The van der Waals surface area contributed by atoms with E-state index in [4.69, 9.17) is 4.74 Å². The molecule has 5 aromatic rings. The van der Waals surface area contributed by atoms with Crippen LogP contribution in [0.3, 0.4) is 0 Å². The van der Waals surface area contributed by atoms with Crippen molar-refractivity contribution in [1.29, 1.82) is 0 Å². The second-order valence-electron chi connectivity index (χ2n) is 7.04. The van der Waals surface area contributed by atoms with E-state index in [2.05, 4.69) is 15.3 Å². The zero-order chi connectivity index (χ0) is 21.4. The van der Waals surface area contributed by atoms with Crippen molar-refractivity contribution in [2.24, 2.45) is 0 Å². The Morgan fingerprint density at radius 3 is 2.81 bits per heavy atom. The van der Waals surface area contributed by atoms with Gasteiger partial charge in [0.05, 0.1) is 6.61 Å². The van der Waals surface area contributed by atoms with Gasteiger partial charge in [-0.25, -0.2) is 4.98 Å². The molecule has 8 nitrogen and oxygen atoms in total. The van der Waals surface area contributed by atoms with Crippen molar-refractivity contribution in [3.8, 4) is 11.3 Å². The fraction of sp³-hybridized carbons (Fsp3) is 0.227. The number of pyridine rings is 1. The van der Waals surface area contributed by atoms with Crippen molar-refractivity contribution < 1.29 is 9.53 Å². The summed E-state index contributed by atoms with van der Waals surface area (Å²) in [5.74, 6) is -0.270. The van der Waals surface area contributed by atoms with Crippen LogP contribution in [0, 0.1) is 0 Å². The summed E-state index contributed by atoms with van der Waals surface area (Å²) >= 11 is 1.35. The number of aryl methyl sites for hydroxylation is 1. The molecule has 9 heteroatoms. The molecule has 0 saturated heterocycles. The lowest BCUT2D eigenvalue weighted by atomic mass is 10.1. The molecule has 0 atom stereocenters. The minimum absolute atomic E-state index is 0.131. The maximum atomic E-state index is 13.6. The van der Waals surface area contributed by atoms with Gasteiger partial charge in [0.25, 0.3) is 5.56 Å². The molecule has 1 aromatic carbocycles. The van der Waals surface area contributed by atoms with Crippen LogP contribution in [0.4, 0.5) is 0 Å². The molecule has 0 unspecified atom stereocenters. The van der Waals surface area contributed by atoms with E-state index in [1.54, 1.807) is 22.2 Å². The summed E-state index contributed by atoms with van der Waals surface area (Å²) in [6, 6.07) is 13.4. The topological polar surface area (TPSA) is 91.4 Å². The molecule has 0 radical (unpaired) electrons. The molecular weight excluding hydrogens is 414 g/mol. The van der Waals surface area contributed by atoms with Crippen molar-refractivity contribution in [2.75, 3.05) is 6.61 Å². The fourth-order valence-corrected chi connectivity index (χ4v) is 4.84.